The van der Waals surface area contributed by atoms with Crippen LogP contribution in [-0.4, -0.2) is 20.2 Å². The van der Waals surface area contributed by atoms with Crippen molar-refractivity contribution in [3.63, 3.8) is 0 Å². The quantitative estimate of drug-likeness (QED) is 0.846. The summed E-state index contributed by atoms with van der Waals surface area (Å²) < 4.78 is 24.0. The van der Waals surface area contributed by atoms with E-state index in [0.717, 1.165) is 11.1 Å². The molecule has 1 saturated heterocycles. The predicted molar refractivity (Wildman–Crippen MR) is 99.5 cm³/mol. The molecule has 1 fully saturated rings. The fraction of sp³-hybridized carbons (Fsp3) is 0.278. The van der Waals surface area contributed by atoms with Crippen molar-refractivity contribution in [1.82, 2.24) is 5.32 Å². The molecular formula is C18H19ClN2O3S. The monoisotopic (exact) mass is 378 g/mol. The van der Waals surface area contributed by atoms with Crippen LogP contribution in [0.3, 0.4) is 0 Å². The fourth-order valence-corrected chi connectivity index (χ4v) is 4.98. The van der Waals surface area contributed by atoms with Crippen LogP contribution in [0.25, 0.3) is 0 Å². The number of anilines is 1. The number of halogens is 1. The molecule has 0 bridgehead atoms. The summed E-state index contributed by atoms with van der Waals surface area (Å²) in [5.41, 5.74) is 2.35. The highest BCUT2D eigenvalue weighted by Gasteiger charge is 2.32. The van der Waals surface area contributed by atoms with Gasteiger partial charge in [-0.15, -0.1) is 0 Å². The Morgan fingerprint density at radius 3 is 2.36 bits per heavy atom. The third-order valence-corrected chi connectivity index (χ3v) is 6.72. The molecule has 0 unspecified atom stereocenters. The van der Waals surface area contributed by atoms with Crippen LogP contribution in [0.5, 0.6) is 0 Å². The maximum atomic E-state index is 12.0. The SMILES string of the molecule is O=C(NCc1ccc(Cl)cc1)Nc1ccc([C@@H]2CCCS2(=O)=O)cc1. The van der Waals surface area contributed by atoms with Crippen LogP contribution in [0, 0.1) is 0 Å². The van der Waals surface area contributed by atoms with Crippen molar-refractivity contribution in [2.24, 2.45) is 0 Å². The first-order valence-electron chi connectivity index (χ1n) is 8.05. The van der Waals surface area contributed by atoms with Gasteiger partial charge in [0.2, 0.25) is 0 Å². The molecule has 1 heterocycles. The van der Waals surface area contributed by atoms with E-state index >= 15 is 0 Å². The lowest BCUT2D eigenvalue weighted by atomic mass is 10.1. The summed E-state index contributed by atoms with van der Waals surface area (Å²) in [6.45, 7) is 0.390. The zero-order valence-electron chi connectivity index (χ0n) is 13.5. The Morgan fingerprint density at radius 2 is 1.76 bits per heavy atom. The van der Waals surface area contributed by atoms with Crippen LogP contribution in [-0.2, 0) is 16.4 Å². The van der Waals surface area contributed by atoms with Crippen LogP contribution < -0.4 is 10.6 Å². The zero-order valence-corrected chi connectivity index (χ0v) is 15.1. The first-order valence-corrected chi connectivity index (χ1v) is 10.1. The summed E-state index contributed by atoms with van der Waals surface area (Å²) in [5, 5.41) is 5.73. The average molecular weight is 379 g/mol. The van der Waals surface area contributed by atoms with Gasteiger partial charge in [0.1, 0.15) is 0 Å². The maximum Gasteiger partial charge on any atom is 0.319 e. The molecule has 2 N–H and O–H groups in total. The summed E-state index contributed by atoms with van der Waals surface area (Å²) >= 11 is 5.82. The zero-order chi connectivity index (χ0) is 17.9. The number of benzene rings is 2. The summed E-state index contributed by atoms with van der Waals surface area (Å²) in [5.74, 6) is 0.255. The molecule has 2 amide bonds. The van der Waals surface area contributed by atoms with Gasteiger partial charge in [-0.1, -0.05) is 35.9 Å². The van der Waals surface area contributed by atoms with Gasteiger partial charge in [-0.25, -0.2) is 13.2 Å². The Morgan fingerprint density at radius 1 is 1.08 bits per heavy atom. The van der Waals surface area contributed by atoms with Crippen molar-refractivity contribution < 1.29 is 13.2 Å². The molecule has 132 valence electrons. The molecule has 3 rings (SSSR count). The molecule has 25 heavy (non-hydrogen) atoms. The summed E-state index contributed by atoms with van der Waals surface area (Å²) in [6.07, 6.45) is 1.37. The standard InChI is InChI=1S/C18H19ClN2O3S/c19-15-7-3-13(4-8-15)12-20-18(22)21-16-9-5-14(6-10-16)17-2-1-11-25(17,23)24/h3-10,17H,1-2,11-12H2,(H2,20,21,22)/t17-/m0/s1. The van der Waals surface area contributed by atoms with Crippen molar-refractivity contribution in [2.75, 3.05) is 11.1 Å². The van der Waals surface area contributed by atoms with Crippen molar-refractivity contribution in [1.29, 1.82) is 0 Å². The first-order chi connectivity index (χ1) is 11.9. The van der Waals surface area contributed by atoms with Crippen LogP contribution in [0.15, 0.2) is 48.5 Å². The third kappa shape index (κ3) is 4.52. The summed E-state index contributed by atoms with van der Waals surface area (Å²) in [6, 6.07) is 13.9. The highest BCUT2D eigenvalue weighted by Crippen LogP contribution is 2.34. The molecular weight excluding hydrogens is 360 g/mol. The molecule has 1 aliphatic heterocycles. The number of carbonyl (C=O) groups excluding carboxylic acids is 1. The predicted octanol–water partition coefficient (Wildman–Crippen LogP) is 3.91. The highest BCUT2D eigenvalue weighted by molar-refractivity contribution is 7.91. The summed E-state index contributed by atoms with van der Waals surface area (Å²) in [7, 11) is -3.03. The van der Waals surface area contributed by atoms with Crippen molar-refractivity contribution in [2.45, 2.75) is 24.6 Å². The lowest BCUT2D eigenvalue weighted by molar-refractivity contribution is 0.251. The maximum absolute atomic E-state index is 12.0. The lowest BCUT2D eigenvalue weighted by Crippen LogP contribution is -2.28. The molecule has 2 aromatic carbocycles. The second kappa shape index (κ2) is 7.45. The van der Waals surface area contributed by atoms with Crippen LogP contribution in [0.4, 0.5) is 10.5 Å². The molecule has 0 saturated carbocycles. The first kappa shape index (κ1) is 17.8. The minimum atomic E-state index is -3.03. The average Bonchev–Trinajstić information content (AvgIpc) is 2.94. The summed E-state index contributed by atoms with van der Waals surface area (Å²) in [4.78, 5) is 12.0. The number of hydrogen-bond donors (Lipinski definition) is 2. The van der Waals surface area contributed by atoms with Crippen molar-refractivity contribution >= 4 is 33.2 Å². The van der Waals surface area contributed by atoms with Gasteiger partial charge in [0.05, 0.1) is 11.0 Å². The normalized spacial score (nSPS) is 18.7. The Labute approximate surface area is 152 Å². The fourth-order valence-electron chi connectivity index (χ4n) is 2.91. The number of carbonyl (C=O) groups is 1. The number of nitrogens with one attached hydrogen (secondary N) is 2. The second-order valence-corrected chi connectivity index (χ2v) is 8.79. The molecule has 0 aromatic heterocycles. The van der Waals surface area contributed by atoms with E-state index in [9.17, 15) is 13.2 Å². The van der Waals surface area contributed by atoms with Crippen molar-refractivity contribution in [3.05, 3.63) is 64.7 Å². The number of hydrogen-bond acceptors (Lipinski definition) is 3. The Kier molecular flexibility index (Phi) is 5.30. The molecule has 7 heteroatoms. The molecule has 2 aromatic rings. The van der Waals surface area contributed by atoms with E-state index < -0.39 is 15.1 Å². The van der Waals surface area contributed by atoms with Gasteiger partial charge in [-0.3, -0.25) is 0 Å². The molecule has 0 spiro atoms. The van der Waals surface area contributed by atoms with Crippen LogP contribution >= 0.6 is 11.6 Å². The number of urea groups is 1. The van der Waals surface area contributed by atoms with Gasteiger partial charge in [0, 0.05) is 17.3 Å². The van der Waals surface area contributed by atoms with Gasteiger partial charge in [-0.05, 0) is 48.2 Å². The van der Waals surface area contributed by atoms with Crippen LogP contribution in [0.1, 0.15) is 29.2 Å². The molecule has 0 radical (unpaired) electrons. The van der Waals surface area contributed by atoms with E-state index in [1.165, 1.54) is 0 Å². The van der Waals surface area contributed by atoms with Gasteiger partial charge < -0.3 is 10.6 Å². The third-order valence-electron chi connectivity index (χ3n) is 4.24. The smallest absolute Gasteiger partial charge is 0.319 e. The Balaban J connectivity index is 1.56. The van der Waals surface area contributed by atoms with Gasteiger partial charge >= 0.3 is 6.03 Å². The van der Waals surface area contributed by atoms with Gasteiger partial charge in [-0.2, -0.15) is 0 Å². The lowest BCUT2D eigenvalue weighted by Gasteiger charge is -2.11. The minimum absolute atomic E-state index is 0.255. The second-order valence-electron chi connectivity index (χ2n) is 6.05. The molecule has 1 aliphatic rings. The topological polar surface area (TPSA) is 75.3 Å². The molecule has 5 nitrogen and oxygen atoms in total. The van der Waals surface area contributed by atoms with E-state index in [1.807, 2.05) is 12.1 Å². The van der Waals surface area contributed by atoms with E-state index in [2.05, 4.69) is 10.6 Å². The largest absolute Gasteiger partial charge is 0.334 e. The van der Waals surface area contributed by atoms with E-state index in [1.54, 1.807) is 36.4 Å². The van der Waals surface area contributed by atoms with E-state index in [4.69, 9.17) is 11.6 Å². The minimum Gasteiger partial charge on any atom is -0.334 e. The number of rotatable bonds is 4. The Bertz CT molecular complexity index is 849. The van der Waals surface area contributed by atoms with E-state index in [0.29, 0.717) is 30.1 Å². The Hall–Kier alpha value is -2.05. The number of amides is 2. The van der Waals surface area contributed by atoms with Crippen LogP contribution in [0.2, 0.25) is 5.02 Å². The van der Waals surface area contributed by atoms with Gasteiger partial charge in [0.15, 0.2) is 9.84 Å². The van der Waals surface area contributed by atoms with E-state index in [-0.39, 0.29) is 11.8 Å². The van der Waals surface area contributed by atoms with Crippen molar-refractivity contribution in [3.8, 4) is 0 Å². The molecule has 1 atom stereocenters. The highest BCUT2D eigenvalue weighted by atomic mass is 35.5. The number of sulfone groups is 1. The van der Waals surface area contributed by atoms with Gasteiger partial charge in [0.25, 0.3) is 0 Å². The molecule has 0 aliphatic carbocycles.